The number of benzene rings is 5. The van der Waals surface area contributed by atoms with Gasteiger partial charge in [-0.2, -0.15) is 25.0 Å². The van der Waals surface area contributed by atoms with Crippen molar-refractivity contribution in [3.05, 3.63) is 149 Å². The minimum Gasteiger partial charge on any atom is -0.211 e. The Kier molecular flexibility index (Phi) is 10.1. The number of isocyanates is 5. The summed E-state index contributed by atoms with van der Waals surface area (Å²) in [5.41, 5.74) is 6.92. The quantitative estimate of drug-likeness (QED) is 0.0842. The molecule has 0 aliphatic heterocycles. The van der Waals surface area contributed by atoms with Gasteiger partial charge in [0, 0.05) is 11.8 Å². The van der Waals surface area contributed by atoms with Gasteiger partial charge in [-0.25, -0.2) is 24.0 Å². The number of aliphatic imine (C=N–C) groups is 5. The van der Waals surface area contributed by atoms with E-state index >= 15 is 0 Å². The van der Waals surface area contributed by atoms with E-state index in [2.05, 4.69) is 25.0 Å². The summed E-state index contributed by atoms with van der Waals surface area (Å²) in [5.74, 6) is -0.847. The molecule has 0 heterocycles. The van der Waals surface area contributed by atoms with E-state index in [4.69, 9.17) is 0 Å². The molecule has 5 aromatic rings. The number of carbonyl (C=O) groups excluding carboxylic acids is 5. The van der Waals surface area contributed by atoms with Crippen LogP contribution in [0.25, 0.3) is 0 Å². The number of hydrogen-bond donors (Lipinski definition) is 0. The van der Waals surface area contributed by atoms with Crippen LogP contribution in [-0.4, -0.2) is 30.4 Å². The highest BCUT2D eigenvalue weighted by Gasteiger charge is 2.24. The van der Waals surface area contributed by atoms with Gasteiger partial charge in [0.25, 0.3) is 0 Å². The van der Waals surface area contributed by atoms with E-state index in [1.165, 1.54) is 12.2 Å². The molecular formula is C37H21N5O5. The third kappa shape index (κ3) is 7.39. The zero-order chi connectivity index (χ0) is 33.0. The molecular weight excluding hydrogens is 594 g/mol. The van der Waals surface area contributed by atoms with Crippen LogP contribution in [0.4, 0.5) is 28.4 Å². The third-order valence-electron chi connectivity index (χ3n) is 7.47. The summed E-state index contributed by atoms with van der Waals surface area (Å²) in [7, 11) is 0. The Morgan fingerprint density at radius 3 is 0.957 bits per heavy atom. The van der Waals surface area contributed by atoms with Crippen molar-refractivity contribution in [2.75, 3.05) is 0 Å². The molecule has 5 rings (SSSR count). The largest absolute Gasteiger partial charge is 0.240 e. The summed E-state index contributed by atoms with van der Waals surface area (Å²) >= 11 is 0. The van der Waals surface area contributed by atoms with Crippen molar-refractivity contribution in [2.24, 2.45) is 25.0 Å². The molecule has 0 saturated carbocycles. The van der Waals surface area contributed by atoms with E-state index in [-0.39, 0.29) is 5.92 Å². The molecule has 0 aromatic heterocycles. The van der Waals surface area contributed by atoms with Gasteiger partial charge in [-0.1, -0.05) is 60.7 Å². The first kappa shape index (κ1) is 31.4. The van der Waals surface area contributed by atoms with E-state index in [0.29, 0.717) is 34.0 Å². The van der Waals surface area contributed by atoms with Crippen LogP contribution in [0.1, 0.15) is 45.2 Å². The molecule has 0 N–H and O–H groups in total. The molecule has 0 bridgehead atoms. The second-order valence-electron chi connectivity index (χ2n) is 10.1. The van der Waals surface area contributed by atoms with Gasteiger partial charge in [0.2, 0.25) is 30.4 Å². The molecule has 0 spiro atoms. The summed E-state index contributed by atoms with van der Waals surface area (Å²) in [6, 6.07) is 33.8. The Morgan fingerprint density at radius 1 is 0.340 bits per heavy atom. The van der Waals surface area contributed by atoms with Gasteiger partial charge < -0.3 is 0 Å². The molecule has 10 heteroatoms. The Bertz CT molecular complexity index is 2020. The van der Waals surface area contributed by atoms with E-state index in [1.807, 2.05) is 60.7 Å². The predicted molar refractivity (Wildman–Crippen MR) is 173 cm³/mol. The standard InChI is InChI=1S/C37H21N5O5/c43-20-38-30-10-1-25(2-11-30)36(26-3-12-31(13-4-26)39-21-44)29-9-18-35(42-24-47)34(19-29)37(27-5-14-32(15-6-27)40-22-45)28-7-16-33(17-8-28)41-23-46/h1-19,36-37H. The summed E-state index contributed by atoms with van der Waals surface area (Å²) < 4.78 is 0. The lowest BCUT2D eigenvalue weighted by molar-refractivity contribution is 0.564. The topological polar surface area (TPSA) is 147 Å². The first-order chi connectivity index (χ1) is 23.1. The molecule has 0 fully saturated rings. The van der Waals surface area contributed by atoms with Gasteiger partial charge in [0.15, 0.2) is 0 Å². The molecule has 0 atom stereocenters. The molecule has 0 radical (unpaired) electrons. The molecule has 0 aliphatic carbocycles. The number of hydrogen-bond acceptors (Lipinski definition) is 10. The average molecular weight is 616 g/mol. The fourth-order valence-electron chi connectivity index (χ4n) is 5.44. The summed E-state index contributed by atoms with van der Waals surface area (Å²) in [6.07, 6.45) is 7.82. The van der Waals surface area contributed by atoms with Crippen molar-refractivity contribution in [3.63, 3.8) is 0 Å². The van der Waals surface area contributed by atoms with E-state index in [1.54, 1.807) is 72.8 Å². The van der Waals surface area contributed by atoms with Crippen molar-refractivity contribution in [3.8, 4) is 0 Å². The first-order valence-electron chi connectivity index (χ1n) is 14.0. The first-order valence-corrected chi connectivity index (χ1v) is 14.0. The van der Waals surface area contributed by atoms with Crippen LogP contribution >= 0.6 is 0 Å². The van der Waals surface area contributed by atoms with Crippen LogP contribution in [0.5, 0.6) is 0 Å². The SMILES string of the molecule is O=C=Nc1ccc(C(c2ccc(N=C=O)cc2)c2ccc(N=C=O)c(C(c3ccc(N=C=O)cc3)c3ccc(N=C=O)cc3)c2)cc1. The lowest BCUT2D eigenvalue weighted by Crippen LogP contribution is -2.08. The fourth-order valence-corrected chi connectivity index (χ4v) is 5.44. The summed E-state index contributed by atoms with van der Waals surface area (Å²) in [6.45, 7) is 0. The maximum absolute atomic E-state index is 11.6. The Labute approximate surface area is 267 Å². The van der Waals surface area contributed by atoms with Crippen molar-refractivity contribution in [2.45, 2.75) is 11.8 Å². The molecule has 224 valence electrons. The molecule has 0 saturated heterocycles. The van der Waals surface area contributed by atoms with Gasteiger partial charge >= 0.3 is 0 Å². The van der Waals surface area contributed by atoms with Gasteiger partial charge in [0.05, 0.1) is 28.4 Å². The van der Waals surface area contributed by atoms with Gasteiger partial charge in [-0.3, -0.25) is 0 Å². The van der Waals surface area contributed by atoms with Crippen molar-refractivity contribution in [1.29, 1.82) is 0 Å². The maximum atomic E-state index is 11.6. The molecule has 0 aliphatic rings. The van der Waals surface area contributed by atoms with Gasteiger partial charge in [-0.15, -0.1) is 0 Å². The Balaban J connectivity index is 1.75. The number of rotatable bonds is 11. The highest BCUT2D eigenvalue weighted by Crippen LogP contribution is 2.42. The predicted octanol–water partition coefficient (Wildman–Crippen LogP) is 7.88. The van der Waals surface area contributed by atoms with Crippen LogP contribution in [0.3, 0.4) is 0 Å². The Hall–Kier alpha value is -7.00. The zero-order valence-electron chi connectivity index (χ0n) is 24.4. The van der Waals surface area contributed by atoms with Crippen LogP contribution in [0.15, 0.2) is 140 Å². The van der Waals surface area contributed by atoms with Gasteiger partial charge in [-0.05, 0) is 88.0 Å². The molecule has 0 amide bonds. The normalized spacial score (nSPS) is 11.2. The van der Waals surface area contributed by atoms with Crippen molar-refractivity contribution in [1.82, 2.24) is 0 Å². The van der Waals surface area contributed by atoms with Crippen LogP contribution < -0.4 is 0 Å². The summed E-state index contributed by atoms with van der Waals surface area (Å²) in [4.78, 5) is 73.8. The van der Waals surface area contributed by atoms with E-state index in [9.17, 15) is 24.0 Å². The highest BCUT2D eigenvalue weighted by atomic mass is 16.1. The van der Waals surface area contributed by atoms with Crippen molar-refractivity contribution < 1.29 is 24.0 Å². The smallest absolute Gasteiger partial charge is 0.211 e. The lowest BCUT2D eigenvalue weighted by atomic mass is 9.79. The second-order valence-corrected chi connectivity index (χ2v) is 10.1. The maximum Gasteiger partial charge on any atom is 0.240 e. The molecule has 47 heavy (non-hydrogen) atoms. The monoisotopic (exact) mass is 615 g/mol. The van der Waals surface area contributed by atoms with Gasteiger partial charge in [0.1, 0.15) is 0 Å². The minimum atomic E-state index is -0.486. The van der Waals surface area contributed by atoms with Crippen molar-refractivity contribution >= 4 is 58.8 Å². The van der Waals surface area contributed by atoms with Crippen LogP contribution in [0.2, 0.25) is 0 Å². The third-order valence-corrected chi connectivity index (χ3v) is 7.47. The summed E-state index contributed by atoms with van der Waals surface area (Å²) in [5, 5.41) is 0. The van der Waals surface area contributed by atoms with Crippen LogP contribution in [0, 0.1) is 0 Å². The Morgan fingerprint density at radius 2 is 0.638 bits per heavy atom. The average Bonchev–Trinajstić information content (AvgIpc) is 3.10. The van der Waals surface area contributed by atoms with E-state index < -0.39 is 5.92 Å². The minimum absolute atomic E-state index is 0.360. The molecule has 5 aromatic carbocycles. The number of nitrogens with zero attached hydrogens (tertiary/aromatic N) is 5. The lowest BCUT2D eigenvalue weighted by Gasteiger charge is -2.24. The van der Waals surface area contributed by atoms with Crippen LogP contribution in [-0.2, 0) is 24.0 Å². The zero-order valence-corrected chi connectivity index (χ0v) is 24.4. The molecule has 10 nitrogen and oxygen atoms in total. The fraction of sp³-hybridized carbons (Fsp3) is 0.0541. The molecule has 0 unspecified atom stereocenters. The van der Waals surface area contributed by atoms with E-state index in [0.717, 1.165) is 27.8 Å². The second kappa shape index (κ2) is 15.1. The highest BCUT2D eigenvalue weighted by molar-refractivity contribution is 5.64.